The molecule has 0 saturated carbocycles. The molecule has 4 heteroatoms. The molecule has 1 atom stereocenters. The third-order valence-electron chi connectivity index (χ3n) is 3.29. The molecule has 1 saturated heterocycles. The molecule has 0 aromatic carbocycles. The third kappa shape index (κ3) is 2.70. The van der Waals surface area contributed by atoms with Crippen molar-refractivity contribution >= 4 is 5.82 Å². The summed E-state index contributed by atoms with van der Waals surface area (Å²) in [6.07, 6.45) is 2.29. The predicted octanol–water partition coefficient (Wildman–Crippen LogP) is 1.33. The van der Waals surface area contributed by atoms with Gasteiger partial charge in [0.2, 0.25) is 0 Å². The van der Waals surface area contributed by atoms with Gasteiger partial charge in [-0.05, 0) is 51.3 Å². The van der Waals surface area contributed by atoms with E-state index in [2.05, 4.69) is 28.9 Å². The molecular formula is C12H20N4. The molecule has 0 bridgehead atoms. The molecule has 0 spiro atoms. The lowest BCUT2D eigenvalue weighted by Gasteiger charge is -2.20. The van der Waals surface area contributed by atoms with Crippen LogP contribution in [0.25, 0.3) is 0 Å². The van der Waals surface area contributed by atoms with Crippen molar-refractivity contribution in [1.29, 1.82) is 0 Å². The van der Waals surface area contributed by atoms with E-state index in [0.717, 1.165) is 18.0 Å². The van der Waals surface area contributed by atoms with Crippen LogP contribution in [-0.2, 0) is 6.42 Å². The van der Waals surface area contributed by atoms with Crippen molar-refractivity contribution in [1.82, 2.24) is 15.1 Å². The molecule has 4 nitrogen and oxygen atoms in total. The molecule has 2 rings (SSSR count). The molecule has 0 aliphatic carbocycles. The Balaban J connectivity index is 1.89. The summed E-state index contributed by atoms with van der Waals surface area (Å²) in [5.41, 5.74) is 6.57. The fraction of sp³-hybridized carbons (Fsp3) is 0.667. The van der Waals surface area contributed by atoms with Gasteiger partial charge in [0.1, 0.15) is 5.82 Å². The topological polar surface area (TPSA) is 55.0 Å². The Labute approximate surface area is 96.9 Å². The molecule has 2 heterocycles. The number of hydrogen-bond donors (Lipinski definition) is 1. The van der Waals surface area contributed by atoms with E-state index >= 15 is 0 Å². The molecule has 0 radical (unpaired) electrons. The van der Waals surface area contributed by atoms with Crippen LogP contribution in [0.5, 0.6) is 0 Å². The maximum atomic E-state index is 5.51. The van der Waals surface area contributed by atoms with Crippen molar-refractivity contribution in [3.63, 3.8) is 0 Å². The molecule has 2 N–H and O–H groups in total. The van der Waals surface area contributed by atoms with Crippen molar-refractivity contribution < 1.29 is 0 Å². The highest BCUT2D eigenvalue weighted by atomic mass is 15.2. The molecule has 1 fully saturated rings. The Morgan fingerprint density at radius 3 is 2.81 bits per heavy atom. The van der Waals surface area contributed by atoms with Crippen LogP contribution in [0.3, 0.4) is 0 Å². The Bertz CT molecular complexity index is 333. The summed E-state index contributed by atoms with van der Waals surface area (Å²) in [5, 5.41) is 8.01. The predicted molar refractivity (Wildman–Crippen MR) is 65.0 cm³/mol. The second-order valence-electron chi connectivity index (χ2n) is 4.90. The lowest BCUT2D eigenvalue weighted by atomic mass is 10.0. The van der Waals surface area contributed by atoms with Crippen molar-refractivity contribution in [3.8, 4) is 0 Å². The van der Waals surface area contributed by atoms with Gasteiger partial charge in [0.25, 0.3) is 0 Å². The minimum absolute atomic E-state index is 0.499. The Kier molecular flexibility index (Phi) is 3.39. The van der Waals surface area contributed by atoms with E-state index in [1.54, 1.807) is 0 Å². The maximum Gasteiger partial charge on any atom is 0.146 e. The van der Waals surface area contributed by atoms with Gasteiger partial charge in [-0.3, -0.25) is 0 Å². The maximum absolute atomic E-state index is 5.51. The molecule has 1 unspecified atom stereocenters. The first kappa shape index (κ1) is 11.3. The van der Waals surface area contributed by atoms with Gasteiger partial charge in [-0.2, -0.15) is 5.10 Å². The highest BCUT2D eigenvalue weighted by Gasteiger charge is 2.24. The molecule has 1 aromatic rings. The lowest BCUT2D eigenvalue weighted by Crippen LogP contribution is -2.28. The van der Waals surface area contributed by atoms with E-state index in [0.29, 0.717) is 11.9 Å². The van der Waals surface area contributed by atoms with Crippen molar-refractivity contribution in [2.45, 2.75) is 32.7 Å². The van der Waals surface area contributed by atoms with Crippen LogP contribution in [0.1, 0.15) is 26.0 Å². The van der Waals surface area contributed by atoms with Crippen molar-refractivity contribution in [2.24, 2.45) is 5.92 Å². The summed E-state index contributed by atoms with van der Waals surface area (Å²) < 4.78 is 0. The second kappa shape index (κ2) is 4.78. The van der Waals surface area contributed by atoms with E-state index in [1.165, 1.54) is 19.5 Å². The van der Waals surface area contributed by atoms with Crippen LogP contribution >= 0.6 is 0 Å². The van der Waals surface area contributed by atoms with Crippen LogP contribution in [-0.4, -0.2) is 34.2 Å². The average molecular weight is 220 g/mol. The largest absolute Gasteiger partial charge is 0.382 e. The van der Waals surface area contributed by atoms with Gasteiger partial charge in [0, 0.05) is 12.6 Å². The number of anilines is 1. The molecule has 1 aromatic heterocycles. The monoisotopic (exact) mass is 220 g/mol. The Morgan fingerprint density at radius 2 is 2.25 bits per heavy atom. The van der Waals surface area contributed by atoms with Crippen LogP contribution in [0.2, 0.25) is 0 Å². The highest BCUT2D eigenvalue weighted by Crippen LogP contribution is 2.21. The van der Waals surface area contributed by atoms with E-state index < -0.39 is 0 Å². The average Bonchev–Trinajstić information content (AvgIpc) is 2.70. The zero-order chi connectivity index (χ0) is 11.5. The number of aromatic nitrogens is 2. The van der Waals surface area contributed by atoms with E-state index in [1.807, 2.05) is 12.1 Å². The van der Waals surface area contributed by atoms with Gasteiger partial charge in [-0.15, -0.1) is 5.10 Å². The number of nitrogens with two attached hydrogens (primary N) is 1. The van der Waals surface area contributed by atoms with Crippen molar-refractivity contribution in [3.05, 3.63) is 17.8 Å². The first-order chi connectivity index (χ1) is 7.65. The molecule has 16 heavy (non-hydrogen) atoms. The Morgan fingerprint density at radius 1 is 1.44 bits per heavy atom. The fourth-order valence-corrected chi connectivity index (χ4v) is 2.27. The molecule has 1 aliphatic heterocycles. The Hall–Kier alpha value is -1.16. The van der Waals surface area contributed by atoms with E-state index in [9.17, 15) is 0 Å². The standard InChI is InChI=1S/C12H20N4/c1-9(2)16-6-5-10(8-16)7-11-3-4-12(13)15-14-11/h3-4,9-10H,5-8H2,1-2H3,(H2,13,15). The minimum atomic E-state index is 0.499. The zero-order valence-corrected chi connectivity index (χ0v) is 10.1. The summed E-state index contributed by atoms with van der Waals surface area (Å²) in [4.78, 5) is 2.52. The van der Waals surface area contributed by atoms with Crippen LogP contribution < -0.4 is 5.73 Å². The number of likely N-dealkylation sites (tertiary alicyclic amines) is 1. The summed E-state index contributed by atoms with van der Waals surface area (Å²) >= 11 is 0. The number of nitrogen functional groups attached to an aromatic ring is 1. The quantitative estimate of drug-likeness (QED) is 0.835. The zero-order valence-electron chi connectivity index (χ0n) is 10.1. The minimum Gasteiger partial charge on any atom is -0.382 e. The summed E-state index contributed by atoms with van der Waals surface area (Å²) in [6, 6.07) is 4.47. The summed E-state index contributed by atoms with van der Waals surface area (Å²) in [5.74, 6) is 1.22. The van der Waals surface area contributed by atoms with Gasteiger partial charge in [-0.1, -0.05) is 0 Å². The van der Waals surface area contributed by atoms with Gasteiger partial charge < -0.3 is 10.6 Å². The van der Waals surface area contributed by atoms with Crippen LogP contribution in [0.4, 0.5) is 5.82 Å². The fourth-order valence-electron chi connectivity index (χ4n) is 2.27. The second-order valence-corrected chi connectivity index (χ2v) is 4.90. The van der Waals surface area contributed by atoms with Gasteiger partial charge in [-0.25, -0.2) is 0 Å². The number of rotatable bonds is 3. The first-order valence-electron chi connectivity index (χ1n) is 5.97. The third-order valence-corrected chi connectivity index (χ3v) is 3.29. The van der Waals surface area contributed by atoms with E-state index in [4.69, 9.17) is 5.73 Å². The summed E-state index contributed by atoms with van der Waals surface area (Å²) in [7, 11) is 0. The van der Waals surface area contributed by atoms with Crippen molar-refractivity contribution in [2.75, 3.05) is 18.8 Å². The SMILES string of the molecule is CC(C)N1CCC(Cc2ccc(N)nn2)C1. The first-order valence-corrected chi connectivity index (χ1v) is 5.97. The van der Waals surface area contributed by atoms with Gasteiger partial charge in [0.05, 0.1) is 5.69 Å². The number of hydrogen-bond acceptors (Lipinski definition) is 4. The van der Waals surface area contributed by atoms with Gasteiger partial charge in [0.15, 0.2) is 0 Å². The highest BCUT2D eigenvalue weighted by molar-refractivity contribution is 5.25. The van der Waals surface area contributed by atoms with Crippen LogP contribution in [0, 0.1) is 5.92 Å². The van der Waals surface area contributed by atoms with E-state index in [-0.39, 0.29) is 0 Å². The molecular weight excluding hydrogens is 200 g/mol. The van der Waals surface area contributed by atoms with Gasteiger partial charge >= 0.3 is 0 Å². The summed E-state index contributed by atoms with van der Waals surface area (Å²) in [6.45, 7) is 6.91. The number of nitrogens with zero attached hydrogens (tertiary/aromatic N) is 3. The smallest absolute Gasteiger partial charge is 0.146 e. The molecule has 0 amide bonds. The lowest BCUT2D eigenvalue weighted by molar-refractivity contribution is 0.264. The normalized spacial score (nSPS) is 21.8. The molecule has 88 valence electrons. The van der Waals surface area contributed by atoms with Crippen LogP contribution in [0.15, 0.2) is 12.1 Å². The molecule has 1 aliphatic rings.